The molecule has 0 bridgehead atoms. The van der Waals surface area contributed by atoms with E-state index in [1.54, 1.807) is 0 Å². The third-order valence-electron chi connectivity index (χ3n) is 4.14. The highest BCUT2D eigenvalue weighted by Crippen LogP contribution is 2.32. The summed E-state index contributed by atoms with van der Waals surface area (Å²) in [5.41, 5.74) is 0. The monoisotopic (exact) mass is 321 g/mol. The summed E-state index contributed by atoms with van der Waals surface area (Å²) in [6, 6.07) is 0. The zero-order valence-corrected chi connectivity index (χ0v) is 13.5. The Bertz CT molecular complexity index is 432. The van der Waals surface area contributed by atoms with Crippen LogP contribution < -0.4 is 4.72 Å². The molecule has 5 nitrogen and oxygen atoms in total. The third kappa shape index (κ3) is 3.89. The molecule has 1 aliphatic carbocycles. The molecule has 2 fully saturated rings. The Morgan fingerprint density at radius 1 is 1.25 bits per heavy atom. The number of thioether (sulfide) groups is 1. The Labute approximate surface area is 125 Å². The number of esters is 1. The summed E-state index contributed by atoms with van der Waals surface area (Å²) in [7, 11) is -2.11. The number of hydrogen-bond acceptors (Lipinski definition) is 5. The van der Waals surface area contributed by atoms with Crippen molar-refractivity contribution in [3.63, 3.8) is 0 Å². The predicted octanol–water partition coefficient (Wildman–Crippen LogP) is 1.53. The fraction of sp³-hybridized carbons (Fsp3) is 0.923. The van der Waals surface area contributed by atoms with Crippen molar-refractivity contribution in [3.05, 3.63) is 0 Å². The first-order valence-corrected chi connectivity index (χ1v) is 9.82. The molecule has 2 aliphatic rings. The minimum absolute atomic E-state index is 0.372. The first-order chi connectivity index (χ1) is 9.54. The van der Waals surface area contributed by atoms with Crippen molar-refractivity contribution < 1.29 is 17.9 Å². The van der Waals surface area contributed by atoms with E-state index >= 15 is 0 Å². The van der Waals surface area contributed by atoms with Crippen LogP contribution in [-0.2, 0) is 19.6 Å². The second-order valence-electron chi connectivity index (χ2n) is 5.48. The zero-order chi connectivity index (χ0) is 14.6. The number of carbonyl (C=O) groups is 1. The standard InChI is InChI=1S/C13H23NO4S2/c1-18-13(15)11-6-4-7-12(11)20(16,17)14-9-10-5-2-3-8-19-10/h10-12,14H,2-9H2,1H3. The van der Waals surface area contributed by atoms with Gasteiger partial charge >= 0.3 is 5.97 Å². The van der Waals surface area contributed by atoms with Crippen molar-refractivity contribution in [2.45, 2.75) is 49.0 Å². The smallest absolute Gasteiger partial charge is 0.310 e. The average molecular weight is 321 g/mol. The van der Waals surface area contributed by atoms with E-state index in [1.165, 1.54) is 20.0 Å². The molecule has 3 unspecified atom stereocenters. The van der Waals surface area contributed by atoms with Gasteiger partial charge in [-0.2, -0.15) is 11.8 Å². The highest BCUT2D eigenvalue weighted by Gasteiger charge is 2.42. The zero-order valence-electron chi connectivity index (χ0n) is 11.8. The lowest BCUT2D eigenvalue weighted by Crippen LogP contribution is -2.42. The van der Waals surface area contributed by atoms with Gasteiger partial charge in [0.25, 0.3) is 0 Å². The number of ether oxygens (including phenoxy) is 1. The summed E-state index contributed by atoms with van der Waals surface area (Å²) in [6.07, 6.45) is 5.39. The maximum absolute atomic E-state index is 12.4. The van der Waals surface area contributed by atoms with E-state index in [0.717, 1.165) is 18.6 Å². The molecule has 20 heavy (non-hydrogen) atoms. The van der Waals surface area contributed by atoms with Crippen LogP contribution in [0.2, 0.25) is 0 Å². The van der Waals surface area contributed by atoms with Gasteiger partial charge in [0.2, 0.25) is 10.0 Å². The van der Waals surface area contributed by atoms with Crippen molar-refractivity contribution in [1.82, 2.24) is 4.72 Å². The van der Waals surface area contributed by atoms with Crippen LogP contribution in [0.25, 0.3) is 0 Å². The topological polar surface area (TPSA) is 72.5 Å². The first-order valence-electron chi connectivity index (χ1n) is 7.22. The van der Waals surface area contributed by atoms with Crippen LogP contribution in [0.1, 0.15) is 38.5 Å². The minimum Gasteiger partial charge on any atom is -0.469 e. The summed E-state index contributed by atoms with van der Waals surface area (Å²) in [5.74, 6) is 0.210. The van der Waals surface area contributed by atoms with Crippen molar-refractivity contribution >= 4 is 27.8 Å². The molecule has 0 aromatic carbocycles. The molecule has 1 N–H and O–H groups in total. The quantitative estimate of drug-likeness (QED) is 0.778. The highest BCUT2D eigenvalue weighted by atomic mass is 32.2. The van der Waals surface area contributed by atoms with E-state index in [0.29, 0.717) is 24.6 Å². The van der Waals surface area contributed by atoms with E-state index in [2.05, 4.69) is 4.72 Å². The van der Waals surface area contributed by atoms with Gasteiger partial charge in [-0.25, -0.2) is 13.1 Å². The maximum atomic E-state index is 12.4. The van der Waals surface area contributed by atoms with Crippen LogP contribution >= 0.6 is 11.8 Å². The molecule has 1 aliphatic heterocycles. The minimum atomic E-state index is -3.43. The van der Waals surface area contributed by atoms with Crippen LogP contribution in [0.5, 0.6) is 0 Å². The third-order valence-corrected chi connectivity index (χ3v) is 7.47. The fourth-order valence-corrected chi connectivity index (χ4v) is 6.15. The number of carbonyl (C=O) groups excluding carboxylic acids is 1. The second kappa shape index (κ2) is 7.13. The molecule has 7 heteroatoms. The van der Waals surface area contributed by atoms with E-state index in [9.17, 15) is 13.2 Å². The van der Waals surface area contributed by atoms with Gasteiger partial charge in [0.15, 0.2) is 0 Å². The van der Waals surface area contributed by atoms with Gasteiger partial charge < -0.3 is 4.74 Å². The number of rotatable bonds is 5. The lowest BCUT2D eigenvalue weighted by molar-refractivity contribution is -0.145. The van der Waals surface area contributed by atoms with Crippen molar-refractivity contribution in [1.29, 1.82) is 0 Å². The lowest BCUT2D eigenvalue weighted by Gasteiger charge is -2.23. The Hall–Kier alpha value is -0.270. The maximum Gasteiger partial charge on any atom is 0.310 e. The molecule has 0 aromatic heterocycles. The van der Waals surface area contributed by atoms with Gasteiger partial charge in [-0.05, 0) is 31.4 Å². The largest absolute Gasteiger partial charge is 0.469 e. The molecule has 1 saturated heterocycles. The van der Waals surface area contributed by atoms with Crippen LogP contribution in [0.4, 0.5) is 0 Å². The molecule has 2 rings (SSSR count). The van der Waals surface area contributed by atoms with E-state index in [-0.39, 0.29) is 0 Å². The molecule has 3 atom stereocenters. The van der Waals surface area contributed by atoms with Gasteiger partial charge in [0.1, 0.15) is 0 Å². The van der Waals surface area contributed by atoms with Crippen LogP contribution in [0.3, 0.4) is 0 Å². The molecule has 1 heterocycles. The van der Waals surface area contributed by atoms with E-state index in [1.807, 2.05) is 11.8 Å². The van der Waals surface area contributed by atoms with E-state index < -0.39 is 27.2 Å². The molecule has 0 radical (unpaired) electrons. The fourth-order valence-electron chi connectivity index (χ4n) is 3.00. The van der Waals surface area contributed by atoms with Crippen molar-refractivity contribution in [3.8, 4) is 0 Å². The van der Waals surface area contributed by atoms with Crippen molar-refractivity contribution in [2.75, 3.05) is 19.4 Å². The summed E-state index contributed by atoms with van der Waals surface area (Å²) in [5, 5.41) is -0.250. The van der Waals surface area contributed by atoms with E-state index in [4.69, 9.17) is 4.74 Å². The number of nitrogens with one attached hydrogen (secondary N) is 1. The second-order valence-corrected chi connectivity index (χ2v) is 8.87. The van der Waals surface area contributed by atoms with Gasteiger partial charge in [-0.15, -0.1) is 0 Å². The number of sulfonamides is 1. The summed E-state index contributed by atoms with van der Waals surface area (Å²) >= 11 is 1.84. The molecular formula is C13H23NO4S2. The number of methoxy groups -OCH3 is 1. The predicted molar refractivity (Wildman–Crippen MR) is 80.2 cm³/mol. The molecule has 116 valence electrons. The normalized spacial score (nSPS) is 31.1. The summed E-state index contributed by atoms with van der Waals surface area (Å²) < 4.78 is 32.2. The Kier molecular flexibility index (Phi) is 5.74. The highest BCUT2D eigenvalue weighted by molar-refractivity contribution is 8.00. The van der Waals surface area contributed by atoms with Gasteiger partial charge in [-0.3, -0.25) is 4.79 Å². The number of hydrogen-bond donors (Lipinski definition) is 1. The molecule has 0 amide bonds. The Balaban J connectivity index is 1.93. The summed E-state index contributed by atoms with van der Waals surface area (Å²) in [6.45, 7) is 0.484. The molecule has 1 saturated carbocycles. The summed E-state index contributed by atoms with van der Waals surface area (Å²) in [4.78, 5) is 11.7. The molecular weight excluding hydrogens is 298 g/mol. The molecule has 0 spiro atoms. The van der Waals surface area contributed by atoms with Crippen LogP contribution in [0, 0.1) is 5.92 Å². The molecule has 0 aromatic rings. The Morgan fingerprint density at radius 2 is 2.05 bits per heavy atom. The Morgan fingerprint density at radius 3 is 2.70 bits per heavy atom. The average Bonchev–Trinajstić information content (AvgIpc) is 2.96. The van der Waals surface area contributed by atoms with Crippen molar-refractivity contribution in [2.24, 2.45) is 5.92 Å². The van der Waals surface area contributed by atoms with Crippen LogP contribution in [0.15, 0.2) is 0 Å². The first kappa shape index (κ1) is 16.1. The van der Waals surface area contributed by atoms with Crippen LogP contribution in [-0.4, -0.2) is 44.3 Å². The lowest BCUT2D eigenvalue weighted by atomic mass is 10.1. The SMILES string of the molecule is COC(=O)C1CCCC1S(=O)(=O)NCC1CCCCS1. The van der Waals surface area contributed by atoms with Gasteiger partial charge in [0.05, 0.1) is 18.3 Å². The van der Waals surface area contributed by atoms with Gasteiger partial charge in [0, 0.05) is 11.8 Å². The van der Waals surface area contributed by atoms with Gasteiger partial charge in [-0.1, -0.05) is 12.8 Å².